The molecular formula is C27H27F9N2O2. The monoisotopic (exact) mass is 582 g/mol. The van der Waals surface area contributed by atoms with Crippen molar-refractivity contribution in [2.75, 3.05) is 13.1 Å². The van der Waals surface area contributed by atoms with E-state index in [0.29, 0.717) is 24.1 Å². The minimum absolute atomic E-state index is 0.0269. The highest BCUT2D eigenvalue weighted by Crippen LogP contribution is 2.42. The zero-order valence-electron chi connectivity index (χ0n) is 21.6. The van der Waals surface area contributed by atoms with Crippen LogP contribution in [0.15, 0.2) is 36.4 Å². The van der Waals surface area contributed by atoms with Crippen LogP contribution in [0.4, 0.5) is 44.3 Å². The summed E-state index contributed by atoms with van der Waals surface area (Å²) in [6.07, 6.45) is -15.0. The van der Waals surface area contributed by atoms with E-state index in [2.05, 4.69) is 4.90 Å². The zero-order chi connectivity index (χ0) is 29.6. The van der Waals surface area contributed by atoms with Gasteiger partial charge >= 0.3 is 24.6 Å². The van der Waals surface area contributed by atoms with Crippen LogP contribution in [-0.4, -0.2) is 35.0 Å². The predicted octanol–water partition coefficient (Wildman–Crippen LogP) is 8.37. The van der Waals surface area contributed by atoms with Gasteiger partial charge in [-0.05, 0) is 86.3 Å². The van der Waals surface area contributed by atoms with Crippen molar-refractivity contribution in [1.82, 2.24) is 9.80 Å². The molecule has 2 fully saturated rings. The summed E-state index contributed by atoms with van der Waals surface area (Å²) in [6.45, 7) is 4.39. The third-order valence-corrected chi connectivity index (χ3v) is 7.47. The molecule has 0 aromatic heterocycles. The second kappa shape index (κ2) is 10.8. The summed E-state index contributed by atoms with van der Waals surface area (Å²) < 4.78 is 126. The van der Waals surface area contributed by atoms with Gasteiger partial charge in [-0.25, -0.2) is 4.79 Å². The molecule has 2 aromatic rings. The normalized spacial score (nSPS) is 21.7. The van der Waals surface area contributed by atoms with Crippen LogP contribution in [0.5, 0.6) is 0 Å². The van der Waals surface area contributed by atoms with Gasteiger partial charge in [0.15, 0.2) is 0 Å². The van der Waals surface area contributed by atoms with Crippen LogP contribution in [0.1, 0.15) is 78.6 Å². The molecule has 220 valence electrons. The molecule has 2 saturated heterocycles. The lowest BCUT2D eigenvalue weighted by Crippen LogP contribution is -2.33. The molecule has 3 atom stereocenters. The molecule has 0 spiro atoms. The second-order valence-electron chi connectivity index (χ2n) is 10.1. The Labute approximate surface area is 224 Å². The quantitative estimate of drug-likeness (QED) is 0.321. The lowest BCUT2D eigenvalue weighted by atomic mass is 9.93. The summed E-state index contributed by atoms with van der Waals surface area (Å²) in [7, 11) is 0. The van der Waals surface area contributed by atoms with Crippen LogP contribution in [0.3, 0.4) is 0 Å². The molecule has 13 heteroatoms. The summed E-state index contributed by atoms with van der Waals surface area (Å²) in [4.78, 5) is 16.0. The Morgan fingerprint density at radius 1 is 0.850 bits per heavy atom. The van der Waals surface area contributed by atoms with E-state index < -0.39 is 59.0 Å². The van der Waals surface area contributed by atoms with E-state index in [9.17, 15) is 44.3 Å². The fourth-order valence-electron chi connectivity index (χ4n) is 5.46. The SMILES string of the molecule is CCC(c1ccc(C(F)(F)F)cc1CN1C(=O)O[C@H](c2cc(C(F)(F)F)cc(C(F)(F)F)c2)[C@@H]1C)N1CCCC1. The van der Waals surface area contributed by atoms with Gasteiger partial charge in [-0.15, -0.1) is 0 Å². The third kappa shape index (κ3) is 6.18. The number of alkyl halides is 9. The molecule has 2 heterocycles. The number of ether oxygens (including phenoxy) is 1. The maximum atomic E-state index is 13.6. The molecule has 2 aliphatic rings. The number of carbonyl (C=O) groups excluding carboxylic acids is 1. The first kappa shape index (κ1) is 30.0. The number of halogens is 9. The van der Waals surface area contributed by atoms with Gasteiger partial charge in [0.1, 0.15) is 6.10 Å². The molecule has 4 nitrogen and oxygen atoms in total. The number of nitrogens with zero attached hydrogens (tertiary/aromatic N) is 2. The molecule has 1 unspecified atom stereocenters. The Morgan fingerprint density at radius 2 is 1.40 bits per heavy atom. The van der Waals surface area contributed by atoms with Crippen molar-refractivity contribution in [3.63, 3.8) is 0 Å². The molecule has 4 rings (SSSR count). The van der Waals surface area contributed by atoms with E-state index in [1.807, 2.05) is 6.92 Å². The highest BCUT2D eigenvalue weighted by Gasteiger charge is 2.44. The van der Waals surface area contributed by atoms with Crippen molar-refractivity contribution in [2.45, 2.75) is 76.4 Å². The van der Waals surface area contributed by atoms with Crippen LogP contribution >= 0.6 is 0 Å². The van der Waals surface area contributed by atoms with Crippen molar-refractivity contribution < 1.29 is 49.0 Å². The molecule has 0 N–H and O–H groups in total. The molecule has 40 heavy (non-hydrogen) atoms. The molecule has 2 aliphatic heterocycles. The predicted molar refractivity (Wildman–Crippen MR) is 126 cm³/mol. The minimum atomic E-state index is -5.10. The van der Waals surface area contributed by atoms with Crippen molar-refractivity contribution in [3.05, 3.63) is 69.8 Å². The largest absolute Gasteiger partial charge is 0.439 e. The first-order chi connectivity index (χ1) is 18.5. The van der Waals surface area contributed by atoms with E-state index in [1.54, 1.807) is 0 Å². The molecule has 0 aliphatic carbocycles. The standard InChI is InChI=1S/C27H27F9N2O2/c1-3-22(37-8-4-5-9-37)21-7-6-18(25(28,29)30)12-17(21)14-38-15(2)23(40-24(38)39)16-10-19(26(31,32)33)13-20(11-16)27(34,35)36/h6-7,10-13,15,22-23H,3-5,8-9,14H2,1-2H3/t15-,22?,23-/m0/s1. The highest BCUT2D eigenvalue weighted by atomic mass is 19.4. The van der Waals surface area contributed by atoms with Gasteiger partial charge in [-0.3, -0.25) is 9.80 Å². The van der Waals surface area contributed by atoms with E-state index >= 15 is 0 Å². The van der Waals surface area contributed by atoms with Gasteiger partial charge in [0.2, 0.25) is 0 Å². The Morgan fingerprint density at radius 3 is 1.90 bits per heavy atom. The van der Waals surface area contributed by atoms with Crippen LogP contribution < -0.4 is 0 Å². The number of rotatable bonds is 6. The van der Waals surface area contributed by atoms with Gasteiger partial charge in [0, 0.05) is 12.6 Å². The molecule has 0 radical (unpaired) electrons. The van der Waals surface area contributed by atoms with Crippen LogP contribution in [0, 0.1) is 0 Å². The van der Waals surface area contributed by atoms with Gasteiger partial charge in [0.25, 0.3) is 0 Å². The number of amides is 1. The number of hydrogen-bond acceptors (Lipinski definition) is 3. The zero-order valence-corrected chi connectivity index (χ0v) is 21.6. The fourth-order valence-corrected chi connectivity index (χ4v) is 5.46. The number of benzene rings is 2. The van der Waals surface area contributed by atoms with Crippen LogP contribution in [0.25, 0.3) is 0 Å². The number of carbonyl (C=O) groups is 1. The summed E-state index contributed by atoms with van der Waals surface area (Å²) in [5, 5.41) is 0. The molecule has 0 bridgehead atoms. The van der Waals surface area contributed by atoms with Gasteiger partial charge in [-0.1, -0.05) is 13.0 Å². The van der Waals surface area contributed by atoms with Crippen molar-refractivity contribution in [3.8, 4) is 0 Å². The number of hydrogen-bond donors (Lipinski definition) is 0. The Balaban J connectivity index is 1.71. The lowest BCUT2D eigenvalue weighted by molar-refractivity contribution is -0.143. The van der Waals surface area contributed by atoms with Crippen LogP contribution in [0.2, 0.25) is 0 Å². The van der Waals surface area contributed by atoms with E-state index in [-0.39, 0.29) is 24.2 Å². The second-order valence-corrected chi connectivity index (χ2v) is 10.1. The maximum absolute atomic E-state index is 13.6. The maximum Gasteiger partial charge on any atom is 0.416 e. The first-order valence-corrected chi connectivity index (χ1v) is 12.7. The Kier molecular flexibility index (Phi) is 8.09. The van der Waals surface area contributed by atoms with E-state index in [0.717, 1.165) is 43.0 Å². The number of cyclic esters (lactones) is 1. The summed E-state index contributed by atoms with van der Waals surface area (Å²) in [6, 6.07) is 2.92. The summed E-state index contributed by atoms with van der Waals surface area (Å²) in [5.41, 5.74) is -3.83. The van der Waals surface area contributed by atoms with E-state index in [4.69, 9.17) is 4.74 Å². The lowest BCUT2D eigenvalue weighted by Gasteiger charge is -2.30. The minimum Gasteiger partial charge on any atom is -0.439 e. The van der Waals surface area contributed by atoms with Gasteiger partial charge in [0.05, 0.1) is 22.7 Å². The third-order valence-electron chi connectivity index (χ3n) is 7.47. The summed E-state index contributed by atoms with van der Waals surface area (Å²) in [5.74, 6) is 0. The smallest absolute Gasteiger partial charge is 0.416 e. The molecule has 1 amide bonds. The van der Waals surface area contributed by atoms with Crippen molar-refractivity contribution in [2.24, 2.45) is 0 Å². The molecule has 2 aromatic carbocycles. The summed E-state index contributed by atoms with van der Waals surface area (Å²) >= 11 is 0. The Bertz CT molecular complexity index is 1200. The van der Waals surface area contributed by atoms with Gasteiger partial charge in [-0.2, -0.15) is 39.5 Å². The average molecular weight is 583 g/mol. The molecular weight excluding hydrogens is 555 g/mol. The molecule has 0 saturated carbocycles. The van der Waals surface area contributed by atoms with Crippen molar-refractivity contribution in [1.29, 1.82) is 0 Å². The first-order valence-electron chi connectivity index (χ1n) is 12.7. The average Bonchev–Trinajstić information content (AvgIpc) is 3.48. The highest BCUT2D eigenvalue weighted by molar-refractivity contribution is 5.71. The number of likely N-dealkylation sites (tertiary alicyclic amines) is 1. The van der Waals surface area contributed by atoms with Crippen LogP contribution in [-0.2, 0) is 29.8 Å². The van der Waals surface area contributed by atoms with Gasteiger partial charge < -0.3 is 4.74 Å². The van der Waals surface area contributed by atoms with Crippen molar-refractivity contribution >= 4 is 6.09 Å². The van der Waals surface area contributed by atoms with E-state index in [1.165, 1.54) is 13.0 Å². The Hall–Kier alpha value is -2.96. The fraction of sp³-hybridized carbons (Fsp3) is 0.519. The topological polar surface area (TPSA) is 32.8 Å².